The van der Waals surface area contributed by atoms with Gasteiger partial charge in [0, 0.05) is 31.4 Å². The van der Waals surface area contributed by atoms with Gasteiger partial charge < -0.3 is 25.0 Å². The molecule has 2 N–H and O–H groups in total. The Morgan fingerprint density at radius 3 is 2.52 bits per heavy atom. The number of ether oxygens (including phenoxy) is 2. The minimum absolute atomic E-state index is 0.0737. The normalized spacial score (nSPS) is 18.0. The molecule has 2 amide bonds. The van der Waals surface area contributed by atoms with Gasteiger partial charge in [0.2, 0.25) is 0 Å². The summed E-state index contributed by atoms with van der Waals surface area (Å²) in [6.07, 6.45) is 1.01. The predicted molar refractivity (Wildman–Crippen MR) is 101 cm³/mol. The van der Waals surface area contributed by atoms with Gasteiger partial charge in [-0.1, -0.05) is 13.8 Å². The Morgan fingerprint density at radius 1 is 1.24 bits per heavy atom. The van der Waals surface area contributed by atoms with Crippen molar-refractivity contribution >= 4 is 11.7 Å². The van der Waals surface area contributed by atoms with Crippen LogP contribution in [-0.4, -0.2) is 49.8 Å². The topological polar surface area (TPSA) is 68.0 Å². The second kappa shape index (κ2) is 8.32. The Labute approximate surface area is 150 Å². The Bertz CT molecular complexity index is 589. The zero-order valence-electron chi connectivity index (χ0n) is 16.0. The number of hydrogen-bond acceptors (Lipinski definition) is 4. The van der Waals surface area contributed by atoms with Crippen molar-refractivity contribution < 1.29 is 14.3 Å². The van der Waals surface area contributed by atoms with Gasteiger partial charge in [-0.05, 0) is 38.3 Å². The number of methoxy groups -OCH3 is 1. The average Bonchev–Trinajstić information content (AvgIpc) is 2.53. The van der Waals surface area contributed by atoms with Gasteiger partial charge >= 0.3 is 6.03 Å². The van der Waals surface area contributed by atoms with E-state index in [2.05, 4.69) is 18.7 Å². The molecular formula is C19H31N3O3. The van der Waals surface area contributed by atoms with Crippen LogP contribution in [0.25, 0.3) is 0 Å². The summed E-state index contributed by atoms with van der Waals surface area (Å²) in [6, 6.07) is 5.79. The summed E-state index contributed by atoms with van der Waals surface area (Å²) >= 11 is 0. The molecule has 140 valence electrons. The lowest BCUT2D eigenvalue weighted by Crippen LogP contribution is -2.57. The molecule has 1 saturated heterocycles. The van der Waals surface area contributed by atoms with Crippen LogP contribution in [0.2, 0.25) is 0 Å². The molecule has 1 fully saturated rings. The smallest absolute Gasteiger partial charge is 0.315 e. The van der Waals surface area contributed by atoms with Crippen LogP contribution < -0.4 is 20.1 Å². The molecule has 1 aromatic carbocycles. The number of amides is 2. The van der Waals surface area contributed by atoms with Crippen LogP contribution in [0.1, 0.15) is 34.1 Å². The number of carbonyl (C=O) groups excluding carboxylic acids is 1. The molecule has 0 spiro atoms. The van der Waals surface area contributed by atoms with Crippen molar-refractivity contribution in [1.82, 2.24) is 4.90 Å². The molecule has 0 saturated carbocycles. The van der Waals surface area contributed by atoms with Crippen molar-refractivity contribution in [3.63, 3.8) is 0 Å². The summed E-state index contributed by atoms with van der Waals surface area (Å²) in [6.45, 7) is 10.5. The SMILES string of the molecule is COc1ccc(N2CCN(C(N)=O)[C@@H](CC(C)C)C2)cc1OC(C)C. The lowest BCUT2D eigenvalue weighted by molar-refractivity contribution is 0.164. The van der Waals surface area contributed by atoms with Crippen molar-refractivity contribution in [3.8, 4) is 11.5 Å². The van der Waals surface area contributed by atoms with E-state index in [1.807, 2.05) is 32.0 Å². The lowest BCUT2D eigenvalue weighted by Gasteiger charge is -2.42. The third-order valence-electron chi connectivity index (χ3n) is 4.38. The van der Waals surface area contributed by atoms with E-state index >= 15 is 0 Å². The lowest BCUT2D eigenvalue weighted by atomic mass is 10.00. The Hall–Kier alpha value is -2.11. The number of urea groups is 1. The third-order valence-corrected chi connectivity index (χ3v) is 4.38. The van der Waals surface area contributed by atoms with Crippen molar-refractivity contribution in [2.75, 3.05) is 31.6 Å². The van der Waals surface area contributed by atoms with E-state index in [1.165, 1.54) is 0 Å². The van der Waals surface area contributed by atoms with E-state index in [9.17, 15) is 4.79 Å². The zero-order chi connectivity index (χ0) is 18.6. The van der Waals surface area contributed by atoms with E-state index in [4.69, 9.17) is 15.2 Å². The largest absolute Gasteiger partial charge is 0.493 e. The molecule has 0 bridgehead atoms. The van der Waals surface area contributed by atoms with Crippen molar-refractivity contribution in [3.05, 3.63) is 18.2 Å². The molecule has 6 nitrogen and oxygen atoms in total. The first-order valence-corrected chi connectivity index (χ1v) is 8.97. The van der Waals surface area contributed by atoms with Crippen LogP contribution in [0.3, 0.4) is 0 Å². The number of nitrogens with two attached hydrogens (primary N) is 1. The Kier molecular flexibility index (Phi) is 6.39. The summed E-state index contributed by atoms with van der Waals surface area (Å²) in [4.78, 5) is 15.8. The highest BCUT2D eigenvalue weighted by Crippen LogP contribution is 2.33. The number of nitrogens with zero attached hydrogens (tertiary/aromatic N) is 2. The van der Waals surface area contributed by atoms with E-state index in [0.29, 0.717) is 12.5 Å². The standard InChI is InChI=1S/C19H31N3O3/c1-13(2)10-16-12-21(8-9-22(16)19(20)23)15-6-7-17(24-5)18(11-15)25-14(3)4/h6-7,11,13-14,16H,8-10,12H2,1-5H3,(H2,20,23)/t16-/m0/s1. The highest BCUT2D eigenvalue weighted by atomic mass is 16.5. The molecule has 0 radical (unpaired) electrons. The Morgan fingerprint density at radius 2 is 1.96 bits per heavy atom. The van der Waals surface area contributed by atoms with Crippen molar-refractivity contribution in [2.45, 2.75) is 46.3 Å². The molecule has 25 heavy (non-hydrogen) atoms. The molecule has 1 atom stereocenters. The number of primary amides is 1. The van der Waals surface area contributed by atoms with E-state index in [-0.39, 0.29) is 18.2 Å². The minimum atomic E-state index is -0.330. The molecule has 2 rings (SSSR count). The van der Waals surface area contributed by atoms with E-state index < -0.39 is 0 Å². The maximum atomic E-state index is 11.7. The predicted octanol–water partition coefficient (Wildman–Crippen LogP) is 3.10. The fraction of sp³-hybridized carbons (Fsp3) is 0.632. The van der Waals surface area contributed by atoms with Crippen molar-refractivity contribution in [2.24, 2.45) is 11.7 Å². The summed E-state index contributed by atoms with van der Waals surface area (Å²) in [5.74, 6) is 1.97. The van der Waals surface area contributed by atoms with Crippen LogP contribution in [0.5, 0.6) is 11.5 Å². The van der Waals surface area contributed by atoms with Crippen LogP contribution >= 0.6 is 0 Å². The summed E-state index contributed by atoms with van der Waals surface area (Å²) in [7, 11) is 1.65. The summed E-state index contributed by atoms with van der Waals surface area (Å²) in [5, 5.41) is 0. The summed E-state index contributed by atoms with van der Waals surface area (Å²) < 4.78 is 11.3. The molecule has 1 aliphatic heterocycles. The summed E-state index contributed by atoms with van der Waals surface area (Å²) in [5.41, 5.74) is 6.64. The van der Waals surface area contributed by atoms with Crippen LogP contribution in [0.15, 0.2) is 18.2 Å². The van der Waals surface area contributed by atoms with Crippen molar-refractivity contribution in [1.29, 1.82) is 0 Å². The van der Waals surface area contributed by atoms with Gasteiger partial charge in [-0.2, -0.15) is 0 Å². The third kappa shape index (κ3) is 4.94. The second-order valence-corrected chi connectivity index (χ2v) is 7.26. The van der Waals surface area contributed by atoms with E-state index in [0.717, 1.165) is 36.7 Å². The van der Waals surface area contributed by atoms with Gasteiger partial charge in [-0.3, -0.25) is 0 Å². The minimum Gasteiger partial charge on any atom is -0.493 e. The molecule has 0 unspecified atom stereocenters. The zero-order valence-corrected chi connectivity index (χ0v) is 16.0. The number of carbonyl (C=O) groups is 1. The fourth-order valence-electron chi connectivity index (χ4n) is 3.33. The maximum Gasteiger partial charge on any atom is 0.315 e. The maximum absolute atomic E-state index is 11.7. The molecule has 0 aromatic heterocycles. The van der Waals surface area contributed by atoms with Gasteiger partial charge in [0.1, 0.15) is 0 Å². The average molecular weight is 349 g/mol. The molecule has 1 aliphatic rings. The number of piperazine rings is 1. The number of rotatable bonds is 6. The highest BCUT2D eigenvalue weighted by molar-refractivity contribution is 5.73. The number of anilines is 1. The van der Waals surface area contributed by atoms with Gasteiger partial charge in [0.05, 0.1) is 19.3 Å². The first-order valence-electron chi connectivity index (χ1n) is 8.97. The quantitative estimate of drug-likeness (QED) is 0.857. The first kappa shape index (κ1) is 19.2. The van der Waals surface area contributed by atoms with Crippen LogP contribution in [0.4, 0.5) is 10.5 Å². The number of hydrogen-bond donors (Lipinski definition) is 1. The molecule has 1 aromatic rings. The second-order valence-electron chi connectivity index (χ2n) is 7.26. The molecule has 6 heteroatoms. The van der Waals surface area contributed by atoms with Crippen LogP contribution in [0, 0.1) is 5.92 Å². The van der Waals surface area contributed by atoms with Gasteiger partial charge in [-0.15, -0.1) is 0 Å². The highest BCUT2D eigenvalue weighted by Gasteiger charge is 2.30. The molecule has 0 aliphatic carbocycles. The molecular weight excluding hydrogens is 318 g/mol. The fourth-order valence-corrected chi connectivity index (χ4v) is 3.33. The van der Waals surface area contributed by atoms with Gasteiger partial charge in [0.25, 0.3) is 0 Å². The van der Waals surface area contributed by atoms with Crippen LogP contribution in [-0.2, 0) is 0 Å². The monoisotopic (exact) mass is 349 g/mol. The first-order chi connectivity index (χ1) is 11.8. The Balaban J connectivity index is 2.21. The number of benzene rings is 1. The van der Waals surface area contributed by atoms with Gasteiger partial charge in [-0.25, -0.2) is 4.79 Å². The van der Waals surface area contributed by atoms with Gasteiger partial charge in [0.15, 0.2) is 11.5 Å². The molecule has 1 heterocycles. The van der Waals surface area contributed by atoms with E-state index in [1.54, 1.807) is 12.0 Å².